The number of benzene rings is 1. The fourth-order valence-electron chi connectivity index (χ4n) is 2.16. The molecule has 0 aliphatic carbocycles. The van der Waals surface area contributed by atoms with Crippen LogP contribution < -0.4 is 10.6 Å². The zero-order valence-electron chi connectivity index (χ0n) is 10.1. The van der Waals surface area contributed by atoms with E-state index in [1.807, 2.05) is 4.90 Å². The zero-order chi connectivity index (χ0) is 12.6. The predicted molar refractivity (Wildman–Crippen MR) is 72.2 cm³/mol. The van der Waals surface area contributed by atoms with Crippen LogP contribution in [-0.2, 0) is 6.18 Å². The van der Waals surface area contributed by atoms with E-state index in [-0.39, 0.29) is 19.2 Å². The van der Waals surface area contributed by atoms with E-state index >= 15 is 0 Å². The molecule has 1 aromatic rings. The molecule has 18 heavy (non-hydrogen) atoms. The van der Waals surface area contributed by atoms with Crippen molar-refractivity contribution in [1.82, 2.24) is 0 Å². The summed E-state index contributed by atoms with van der Waals surface area (Å²) in [5.41, 5.74) is 5.01. The molecule has 0 bridgehead atoms. The summed E-state index contributed by atoms with van der Waals surface area (Å²) in [6, 6.07) is 4.14. The van der Waals surface area contributed by atoms with Gasteiger partial charge in [0.25, 0.3) is 0 Å². The third-order valence-corrected chi connectivity index (χ3v) is 3.13. The van der Waals surface area contributed by atoms with Gasteiger partial charge >= 0.3 is 6.18 Å². The lowest BCUT2D eigenvalue weighted by molar-refractivity contribution is -0.136. The Morgan fingerprint density at radius 3 is 2.50 bits per heavy atom. The minimum absolute atomic E-state index is 0. The van der Waals surface area contributed by atoms with Crippen molar-refractivity contribution < 1.29 is 13.2 Å². The minimum Gasteiger partial charge on any atom is -0.398 e. The summed E-state index contributed by atoms with van der Waals surface area (Å²) in [6.07, 6.45) is -3.36. The average molecular weight is 278 g/mol. The Hall–Kier alpha value is -1.04. The fraction of sp³-hybridized carbons (Fsp3) is 0.500. The molecule has 2 N–H and O–H groups in total. The van der Waals surface area contributed by atoms with Crippen molar-refractivity contribution in [2.45, 2.75) is 19.5 Å². The van der Waals surface area contributed by atoms with Gasteiger partial charge in [-0.3, -0.25) is 0 Å². The Morgan fingerprint density at radius 2 is 2.00 bits per heavy atom. The number of halogens is 3. The molecule has 0 radical (unpaired) electrons. The quantitative estimate of drug-likeness (QED) is 0.799. The lowest BCUT2D eigenvalue weighted by atomic mass is 10.1. The van der Waals surface area contributed by atoms with E-state index in [9.17, 15) is 13.2 Å². The first-order chi connectivity index (χ1) is 7.88. The van der Waals surface area contributed by atoms with E-state index in [0.29, 0.717) is 11.6 Å². The second kappa shape index (κ2) is 5.30. The molecule has 1 aromatic carbocycles. The molecule has 1 heterocycles. The monoisotopic (exact) mass is 278 g/mol. The molecule has 6 heteroatoms. The Labute approximate surface area is 111 Å². The number of anilines is 2. The highest BCUT2D eigenvalue weighted by molar-refractivity contribution is 7.59. The van der Waals surface area contributed by atoms with Gasteiger partial charge in [0, 0.05) is 24.5 Å². The topological polar surface area (TPSA) is 29.3 Å². The highest BCUT2D eigenvalue weighted by Gasteiger charge is 2.33. The van der Waals surface area contributed by atoms with Crippen molar-refractivity contribution in [1.29, 1.82) is 0 Å². The van der Waals surface area contributed by atoms with Crippen LogP contribution in [0.3, 0.4) is 0 Å². The molecular formula is C12H17F3N2S. The van der Waals surface area contributed by atoms with Gasteiger partial charge in [-0.15, -0.1) is 0 Å². The Balaban J connectivity index is 0.00000162. The standard InChI is InChI=1S/C12H15F3N2.H2S/c1-8-4-5-17(7-8)9-2-3-11(16)10(6-9)12(13,14)15;/h2-3,6,8H,4-5,7,16H2,1H3;1H2/t8-;/m0./s1. The first kappa shape index (κ1) is 15.0. The molecule has 1 fully saturated rings. The first-order valence-corrected chi connectivity index (χ1v) is 5.59. The van der Waals surface area contributed by atoms with Crippen molar-refractivity contribution in [2.75, 3.05) is 23.7 Å². The van der Waals surface area contributed by atoms with Crippen LogP contribution in [-0.4, -0.2) is 13.1 Å². The number of nitrogens with zero attached hydrogens (tertiary/aromatic N) is 1. The number of alkyl halides is 3. The molecule has 0 saturated carbocycles. The maximum Gasteiger partial charge on any atom is 0.418 e. The number of hydrogen-bond donors (Lipinski definition) is 1. The van der Waals surface area contributed by atoms with E-state index in [1.54, 1.807) is 6.07 Å². The van der Waals surface area contributed by atoms with Crippen molar-refractivity contribution in [3.05, 3.63) is 23.8 Å². The Kier molecular flexibility index (Phi) is 4.42. The van der Waals surface area contributed by atoms with Gasteiger partial charge in [0.05, 0.1) is 5.56 Å². The SMILES string of the molecule is C[C@H]1CCN(c2ccc(N)c(C(F)(F)F)c2)C1.S. The summed E-state index contributed by atoms with van der Waals surface area (Å²) in [7, 11) is 0. The second-order valence-electron chi connectivity index (χ2n) is 4.61. The molecule has 0 spiro atoms. The van der Waals surface area contributed by atoms with E-state index in [0.717, 1.165) is 25.6 Å². The maximum atomic E-state index is 12.7. The molecule has 1 atom stereocenters. The molecule has 0 amide bonds. The van der Waals surface area contributed by atoms with E-state index in [2.05, 4.69) is 6.92 Å². The van der Waals surface area contributed by atoms with Crippen LogP contribution in [0.1, 0.15) is 18.9 Å². The highest BCUT2D eigenvalue weighted by atomic mass is 32.1. The molecule has 2 rings (SSSR count). The summed E-state index contributed by atoms with van der Waals surface area (Å²) >= 11 is 0. The van der Waals surface area contributed by atoms with Gasteiger partial charge in [-0.1, -0.05) is 6.92 Å². The van der Waals surface area contributed by atoms with Gasteiger partial charge in [0.1, 0.15) is 0 Å². The number of nitrogen functional groups attached to an aromatic ring is 1. The summed E-state index contributed by atoms with van der Waals surface area (Å²) in [4.78, 5) is 1.97. The van der Waals surface area contributed by atoms with E-state index in [1.165, 1.54) is 6.07 Å². The summed E-state index contributed by atoms with van der Waals surface area (Å²) in [5.74, 6) is 0.530. The van der Waals surface area contributed by atoms with Gasteiger partial charge in [-0.25, -0.2) is 0 Å². The summed E-state index contributed by atoms with van der Waals surface area (Å²) < 4.78 is 38.1. The van der Waals surface area contributed by atoms with Gasteiger partial charge < -0.3 is 10.6 Å². The van der Waals surface area contributed by atoms with Crippen LogP contribution in [0.15, 0.2) is 18.2 Å². The lowest BCUT2D eigenvalue weighted by Gasteiger charge is -2.20. The van der Waals surface area contributed by atoms with Crippen molar-refractivity contribution >= 4 is 24.9 Å². The first-order valence-electron chi connectivity index (χ1n) is 5.59. The Morgan fingerprint density at radius 1 is 1.33 bits per heavy atom. The van der Waals surface area contributed by atoms with Crippen LogP contribution in [0, 0.1) is 5.92 Å². The number of nitrogens with two attached hydrogens (primary N) is 1. The highest BCUT2D eigenvalue weighted by Crippen LogP contribution is 2.36. The average Bonchev–Trinajstić information content (AvgIpc) is 2.64. The van der Waals surface area contributed by atoms with Crippen molar-refractivity contribution in [2.24, 2.45) is 5.92 Å². The number of rotatable bonds is 1. The maximum absolute atomic E-state index is 12.7. The van der Waals surface area contributed by atoms with E-state index < -0.39 is 11.7 Å². The minimum atomic E-state index is -4.38. The summed E-state index contributed by atoms with van der Waals surface area (Å²) in [5, 5.41) is 0. The van der Waals surface area contributed by atoms with Gasteiger partial charge in [0.2, 0.25) is 0 Å². The molecule has 1 aliphatic heterocycles. The smallest absolute Gasteiger partial charge is 0.398 e. The van der Waals surface area contributed by atoms with E-state index in [4.69, 9.17) is 5.73 Å². The van der Waals surface area contributed by atoms with Gasteiger partial charge in [-0.2, -0.15) is 26.7 Å². The fourth-order valence-corrected chi connectivity index (χ4v) is 2.16. The van der Waals surface area contributed by atoms with Gasteiger partial charge in [0.15, 0.2) is 0 Å². The molecule has 0 aromatic heterocycles. The van der Waals surface area contributed by atoms with Crippen molar-refractivity contribution in [3.8, 4) is 0 Å². The Bertz CT molecular complexity index is 420. The van der Waals surface area contributed by atoms with Crippen LogP contribution in [0.25, 0.3) is 0 Å². The van der Waals surface area contributed by atoms with Crippen LogP contribution in [0.5, 0.6) is 0 Å². The van der Waals surface area contributed by atoms with Gasteiger partial charge in [-0.05, 0) is 30.5 Å². The predicted octanol–water partition coefficient (Wildman–Crippen LogP) is 3.25. The van der Waals surface area contributed by atoms with Crippen LogP contribution in [0.2, 0.25) is 0 Å². The molecule has 1 aliphatic rings. The lowest BCUT2D eigenvalue weighted by Crippen LogP contribution is -2.20. The van der Waals surface area contributed by atoms with Crippen LogP contribution >= 0.6 is 13.5 Å². The molecular weight excluding hydrogens is 261 g/mol. The summed E-state index contributed by atoms with van der Waals surface area (Å²) in [6.45, 7) is 3.71. The largest absolute Gasteiger partial charge is 0.418 e. The number of hydrogen-bond acceptors (Lipinski definition) is 2. The third-order valence-electron chi connectivity index (χ3n) is 3.13. The normalized spacial score (nSPS) is 19.8. The molecule has 1 saturated heterocycles. The van der Waals surface area contributed by atoms with Crippen LogP contribution in [0.4, 0.5) is 24.5 Å². The molecule has 102 valence electrons. The molecule has 2 nitrogen and oxygen atoms in total. The third kappa shape index (κ3) is 3.04. The second-order valence-corrected chi connectivity index (χ2v) is 4.61. The molecule has 0 unspecified atom stereocenters. The van der Waals surface area contributed by atoms with Crippen molar-refractivity contribution in [3.63, 3.8) is 0 Å². The zero-order valence-corrected chi connectivity index (χ0v) is 11.1.